The molecule has 19 heavy (non-hydrogen) atoms. The van der Waals surface area contributed by atoms with Crippen LogP contribution in [0, 0.1) is 5.92 Å². The molecule has 3 nitrogen and oxygen atoms in total. The van der Waals surface area contributed by atoms with E-state index in [9.17, 15) is 4.79 Å². The highest BCUT2D eigenvalue weighted by atomic mass is 32.2. The average molecular weight is 274 g/mol. The Morgan fingerprint density at radius 3 is 2.74 bits per heavy atom. The molecule has 1 aromatic heterocycles. The molecule has 4 heteroatoms. The van der Waals surface area contributed by atoms with E-state index in [1.165, 1.54) is 0 Å². The molecule has 0 bridgehead atoms. The lowest BCUT2D eigenvalue weighted by atomic mass is 10.1. The van der Waals surface area contributed by atoms with Gasteiger partial charge in [0.05, 0.1) is 5.52 Å². The third-order valence-electron chi connectivity index (χ3n) is 3.01. The minimum Gasteiger partial charge on any atom is -0.298 e. The van der Waals surface area contributed by atoms with Gasteiger partial charge in [-0.15, -0.1) is 11.8 Å². The van der Waals surface area contributed by atoms with Crippen LogP contribution in [-0.2, 0) is 6.42 Å². The zero-order chi connectivity index (χ0) is 13.8. The van der Waals surface area contributed by atoms with Crippen molar-refractivity contribution in [2.45, 2.75) is 31.7 Å². The summed E-state index contributed by atoms with van der Waals surface area (Å²) in [4.78, 5) is 20.0. The van der Waals surface area contributed by atoms with Crippen molar-refractivity contribution in [1.82, 2.24) is 9.97 Å². The molecule has 0 aliphatic rings. The summed E-state index contributed by atoms with van der Waals surface area (Å²) in [5.41, 5.74) is 1.59. The minimum atomic E-state index is 0.648. The topological polar surface area (TPSA) is 42.9 Å². The van der Waals surface area contributed by atoms with Gasteiger partial charge in [0.15, 0.2) is 0 Å². The molecule has 0 radical (unpaired) electrons. The Bertz CT molecular complexity index is 596. The minimum absolute atomic E-state index is 0.648. The van der Waals surface area contributed by atoms with Gasteiger partial charge < -0.3 is 0 Å². The molecule has 0 N–H and O–H groups in total. The van der Waals surface area contributed by atoms with Crippen LogP contribution in [0.15, 0.2) is 23.2 Å². The molecule has 100 valence electrons. The largest absolute Gasteiger partial charge is 0.298 e. The molecule has 2 rings (SSSR count). The van der Waals surface area contributed by atoms with E-state index >= 15 is 0 Å². The molecule has 0 amide bonds. The fraction of sp³-hybridized carbons (Fsp3) is 0.400. The summed E-state index contributed by atoms with van der Waals surface area (Å²) in [6, 6.07) is 5.57. The SMILES string of the molecule is CSc1nc(CCC(C)C)nc2ccc(C=O)cc12. The maximum absolute atomic E-state index is 10.8. The van der Waals surface area contributed by atoms with Crippen molar-refractivity contribution in [1.29, 1.82) is 0 Å². The number of hydrogen-bond acceptors (Lipinski definition) is 4. The summed E-state index contributed by atoms with van der Waals surface area (Å²) in [7, 11) is 0. The second-order valence-electron chi connectivity index (χ2n) is 4.98. The predicted octanol–water partition coefficient (Wildman–Crippen LogP) is 3.75. The highest BCUT2D eigenvalue weighted by molar-refractivity contribution is 7.98. The first kappa shape index (κ1) is 14.0. The summed E-state index contributed by atoms with van der Waals surface area (Å²) in [5.74, 6) is 1.54. The van der Waals surface area contributed by atoms with Gasteiger partial charge in [-0.1, -0.05) is 13.8 Å². The number of thioether (sulfide) groups is 1. The number of aldehydes is 1. The number of carbonyl (C=O) groups is 1. The molecule has 0 spiro atoms. The maximum atomic E-state index is 10.8. The molecule has 2 aromatic rings. The third kappa shape index (κ3) is 3.32. The molecule has 0 aliphatic heterocycles. The molecule has 1 heterocycles. The molecular weight excluding hydrogens is 256 g/mol. The quantitative estimate of drug-likeness (QED) is 0.473. The first-order valence-electron chi connectivity index (χ1n) is 6.44. The van der Waals surface area contributed by atoms with Crippen LogP contribution >= 0.6 is 11.8 Å². The summed E-state index contributed by atoms with van der Waals surface area (Å²) in [6.07, 6.45) is 4.85. The van der Waals surface area contributed by atoms with Gasteiger partial charge >= 0.3 is 0 Å². The van der Waals surface area contributed by atoms with Gasteiger partial charge in [0.1, 0.15) is 17.1 Å². The number of nitrogens with zero attached hydrogens (tertiary/aromatic N) is 2. The number of benzene rings is 1. The standard InChI is InChI=1S/C15H18N2OS/c1-10(2)4-7-14-16-13-6-5-11(9-18)8-12(13)15(17-14)19-3/h5-6,8-10H,4,7H2,1-3H3. The monoisotopic (exact) mass is 274 g/mol. The van der Waals surface area contributed by atoms with Crippen LogP contribution in [0.25, 0.3) is 10.9 Å². The summed E-state index contributed by atoms with van der Waals surface area (Å²) in [5, 5.41) is 1.91. The van der Waals surface area contributed by atoms with Crippen LogP contribution in [0.1, 0.15) is 36.5 Å². The lowest BCUT2D eigenvalue weighted by Crippen LogP contribution is -2.01. The number of hydrogen-bond donors (Lipinski definition) is 0. The Hall–Kier alpha value is -1.42. The van der Waals surface area contributed by atoms with Gasteiger partial charge in [-0.2, -0.15) is 0 Å². The van der Waals surface area contributed by atoms with E-state index in [1.54, 1.807) is 17.8 Å². The Kier molecular flexibility index (Phi) is 4.53. The lowest BCUT2D eigenvalue weighted by molar-refractivity contribution is 0.112. The maximum Gasteiger partial charge on any atom is 0.150 e. The second-order valence-corrected chi connectivity index (χ2v) is 5.77. The van der Waals surface area contributed by atoms with Crippen molar-refractivity contribution in [3.8, 4) is 0 Å². The zero-order valence-corrected chi connectivity index (χ0v) is 12.3. The smallest absolute Gasteiger partial charge is 0.150 e. The average Bonchev–Trinajstić information content (AvgIpc) is 2.43. The van der Waals surface area contributed by atoms with E-state index in [0.29, 0.717) is 11.5 Å². The Morgan fingerprint density at radius 1 is 1.32 bits per heavy atom. The van der Waals surface area contributed by atoms with E-state index in [2.05, 4.69) is 23.8 Å². The highest BCUT2D eigenvalue weighted by Gasteiger charge is 2.08. The molecule has 0 aliphatic carbocycles. The van der Waals surface area contributed by atoms with E-state index in [4.69, 9.17) is 0 Å². The van der Waals surface area contributed by atoms with Gasteiger partial charge in [-0.3, -0.25) is 4.79 Å². The summed E-state index contributed by atoms with van der Waals surface area (Å²) < 4.78 is 0. The summed E-state index contributed by atoms with van der Waals surface area (Å²) >= 11 is 1.60. The van der Waals surface area contributed by atoms with Crippen LogP contribution in [0.4, 0.5) is 0 Å². The Morgan fingerprint density at radius 2 is 2.11 bits per heavy atom. The van der Waals surface area contributed by atoms with Crippen molar-refractivity contribution in [3.05, 3.63) is 29.6 Å². The molecule has 0 saturated carbocycles. The number of fused-ring (bicyclic) bond motifs is 1. The second kappa shape index (κ2) is 6.15. The normalized spacial score (nSPS) is 11.2. The molecule has 0 atom stereocenters. The predicted molar refractivity (Wildman–Crippen MR) is 79.9 cm³/mol. The van der Waals surface area contributed by atoms with Crippen LogP contribution in [0.2, 0.25) is 0 Å². The van der Waals surface area contributed by atoms with Crippen molar-refractivity contribution < 1.29 is 4.79 Å². The van der Waals surface area contributed by atoms with E-state index in [-0.39, 0.29) is 0 Å². The van der Waals surface area contributed by atoms with Crippen molar-refractivity contribution in [2.24, 2.45) is 5.92 Å². The zero-order valence-electron chi connectivity index (χ0n) is 11.5. The van der Waals surface area contributed by atoms with Gasteiger partial charge in [0.25, 0.3) is 0 Å². The van der Waals surface area contributed by atoms with Gasteiger partial charge in [-0.25, -0.2) is 9.97 Å². The van der Waals surface area contributed by atoms with Crippen LogP contribution in [-0.4, -0.2) is 22.5 Å². The van der Waals surface area contributed by atoms with Crippen molar-refractivity contribution in [2.75, 3.05) is 6.26 Å². The van der Waals surface area contributed by atoms with Crippen molar-refractivity contribution >= 4 is 29.0 Å². The van der Waals surface area contributed by atoms with Gasteiger partial charge in [0.2, 0.25) is 0 Å². The highest BCUT2D eigenvalue weighted by Crippen LogP contribution is 2.24. The van der Waals surface area contributed by atoms with E-state index < -0.39 is 0 Å². The van der Waals surface area contributed by atoms with Crippen LogP contribution < -0.4 is 0 Å². The first-order valence-corrected chi connectivity index (χ1v) is 7.66. The molecule has 0 unspecified atom stereocenters. The Labute approximate surface area is 117 Å². The fourth-order valence-corrected chi connectivity index (χ4v) is 2.50. The van der Waals surface area contributed by atoms with Crippen LogP contribution in [0.3, 0.4) is 0 Å². The van der Waals surface area contributed by atoms with E-state index in [1.807, 2.05) is 18.4 Å². The van der Waals surface area contributed by atoms with Gasteiger partial charge in [-0.05, 0) is 36.8 Å². The lowest BCUT2D eigenvalue weighted by Gasteiger charge is -2.08. The van der Waals surface area contributed by atoms with Gasteiger partial charge in [0, 0.05) is 17.4 Å². The molecule has 1 aromatic carbocycles. The number of carbonyl (C=O) groups excluding carboxylic acids is 1. The fourth-order valence-electron chi connectivity index (χ4n) is 1.92. The number of aromatic nitrogens is 2. The molecule has 0 fully saturated rings. The molecule has 0 saturated heterocycles. The molecular formula is C15H18N2OS. The van der Waals surface area contributed by atoms with E-state index in [0.717, 1.165) is 40.9 Å². The third-order valence-corrected chi connectivity index (χ3v) is 3.70. The van der Waals surface area contributed by atoms with Crippen LogP contribution in [0.5, 0.6) is 0 Å². The van der Waals surface area contributed by atoms with Crippen molar-refractivity contribution in [3.63, 3.8) is 0 Å². The Balaban J connectivity index is 2.45. The number of rotatable bonds is 5. The summed E-state index contributed by atoms with van der Waals surface area (Å²) in [6.45, 7) is 4.40. The first-order chi connectivity index (χ1) is 9.13. The number of aryl methyl sites for hydroxylation is 1.